The molecule has 1 heterocycles. The fourth-order valence-electron chi connectivity index (χ4n) is 2.35. The van der Waals surface area contributed by atoms with Crippen LogP contribution in [-0.2, 0) is 6.54 Å². The summed E-state index contributed by atoms with van der Waals surface area (Å²) in [6.45, 7) is 4.66. The summed E-state index contributed by atoms with van der Waals surface area (Å²) in [4.78, 5) is 4.28. The number of guanidine groups is 1. The summed E-state index contributed by atoms with van der Waals surface area (Å²) >= 11 is 0. The molecule has 2 aromatic rings. The van der Waals surface area contributed by atoms with Crippen molar-refractivity contribution in [3.05, 3.63) is 41.8 Å². The molecule has 3 N–H and O–H groups in total. The van der Waals surface area contributed by atoms with Crippen molar-refractivity contribution in [3.8, 4) is 5.75 Å². The smallest absolute Gasteiger partial charge is 0.193 e. The number of nitrogens with zero attached hydrogens (tertiary/aromatic N) is 2. The summed E-state index contributed by atoms with van der Waals surface area (Å²) in [5, 5.41) is 7.15. The van der Waals surface area contributed by atoms with Gasteiger partial charge < -0.3 is 20.3 Å². The number of hydrogen-bond acceptors (Lipinski definition) is 4. The van der Waals surface area contributed by atoms with Gasteiger partial charge >= 0.3 is 0 Å². The Hall–Kier alpha value is -1.77. The van der Waals surface area contributed by atoms with Gasteiger partial charge in [-0.15, -0.1) is 24.0 Å². The van der Waals surface area contributed by atoms with E-state index >= 15 is 0 Å². The van der Waals surface area contributed by atoms with Gasteiger partial charge in [0.1, 0.15) is 12.3 Å². The van der Waals surface area contributed by atoms with Gasteiger partial charge in [0.2, 0.25) is 0 Å². The van der Waals surface area contributed by atoms with Gasteiger partial charge in [-0.05, 0) is 25.0 Å². The molecule has 0 aliphatic carbocycles. The quantitative estimate of drug-likeness (QED) is 0.381. The molecule has 24 heavy (non-hydrogen) atoms. The minimum atomic E-state index is 0. The van der Waals surface area contributed by atoms with Gasteiger partial charge in [0.05, 0.1) is 12.8 Å². The van der Waals surface area contributed by atoms with Crippen molar-refractivity contribution in [1.82, 2.24) is 5.16 Å². The molecule has 0 spiro atoms. The van der Waals surface area contributed by atoms with E-state index in [0.717, 1.165) is 30.0 Å². The lowest BCUT2D eigenvalue weighted by Gasteiger charge is -2.07. The predicted molar refractivity (Wildman–Crippen MR) is 107 cm³/mol. The first-order chi connectivity index (χ1) is 11.2. The summed E-state index contributed by atoms with van der Waals surface area (Å²) in [6, 6.07) is 9.45. The molecule has 0 saturated carbocycles. The van der Waals surface area contributed by atoms with E-state index in [1.807, 2.05) is 30.3 Å². The zero-order valence-corrected chi connectivity index (χ0v) is 16.6. The topological polar surface area (TPSA) is 85.7 Å². The molecule has 0 amide bonds. The van der Waals surface area contributed by atoms with Crippen LogP contribution in [0.5, 0.6) is 5.75 Å². The number of hydrogen-bond donors (Lipinski definition) is 2. The Morgan fingerprint density at radius 3 is 2.75 bits per heavy atom. The lowest BCUT2D eigenvalue weighted by atomic mass is 9.99. The molecule has 0 atom stereocenters. The summed E-state index contributed by atoms with van der Waals surface area (Å²) in [6.07, 6.45) is 2.09. The normalized spacial score (nSPS) is 11.2. The molecule has 132 valence electrons. The molecule has 0 bridgehead atoms. The van der Waals surface area contributed by atoms with E-state index in [9.17, 15) is 0 Å². The maximum absolute atomic E-state index is 5.90. The number of halogens is 1. The van der Waals surface area contributed by atoms with Gasteiger partial charge in [-0.3, -0.25) is 0 Å². The van der Waals surface area contributed by atoms with Crippen LogP contribution in [0.1, 0.15) is 44.1 Å². The minimum absolute atomic E-state index is 0. The first kappa shape index (κ1) is 20.3. The number of nitrogens with two attached hydrogens (primary N) is 1. The third-order valence-corrected chi connectivity index (χ3v) is 3.73. The van der Waals surface area contributed by atoms with Gasteiger partial charge in [0.15, 0.2) is 11.7 Å². The number of aromatic nitrogens is 1. The molecule has 7 heteroatoms. The highest BCUT2D eigenvalue weighted by Gasteiger charge is 2.12. The number of benzene rings is 1. The van der Waals surface area contributed by atoms with E-state index in [1.165, 1.54) is 0 Å². The highest BCUT2D eigenvalue weighted by Crippen LogP contribution is 2.22. The van der Waals surface area contributed by atoms with Crippen molar-refractivity contribution in [2.24, 2.45) is 10.7 Å². The zero-order chi connectivity index (χ0) is 16.7. The number of methoxy groups -OCH3 is 1. The number of rotatable bonds is 7. The van der Waals surface area contributed by atoms with E-state index in [-0.39, 0.29) is 24.0 Å². The van der Waals surface area contributed by atoms with Crippen LogP contribution in [0, 0.1) is 0 Å². The molecule has 0 aliphatic heterocycles. The monoisotopic (exact) mass is 444 g/mol. The number of aliphatic imine (C=N–C) groups is 1. The number of anilines is 1. The van der Waals surface area contributed by atoms with Crippen LogP contribution >= 0.6 is 24.0 Å². The Balaban J connectivity index is 0.00000288. The third kappa shape index (κ3) is 5.70. The number of ether oxygens (including phenoxy) is 1. The maximum atomic E-state index is 5.90. The van der Waals surface area contributed by atoms with Crippen molar-refractivity contribution < 1.29 is 9.26 Å². The van der Waals surface area contributed by atoms with Crippen LogP contribution in [0.25, 0.3) is 0 Å². The average Bonchev–Trinajstić information content (AvgIpc) is 3.03. The Morgan fingerprint density at radius 1 is 1.33 bits per heavy atom. The first-order valence-electron chi connectivity index (χ1n) is 7.82. The molecule has 1 aromatic heterocycles. The van der Waals surface area contributed by atoms with E-state index in [0.29, 0.717) is 24.2 Å². The minimum Gasteiger partial charge on any atom is -0.497 e. The van der Waals surface area contributed by atoms with E-state index in [2.05, 4.69) is 29.3 Å². The van der Waals surface area contributed by atoms with Crippen molar-refractivity contribution in [1.29, 1.82) is 0 Å². The van der Waals surface area contributed by atoms with Gasteiger partial charge in [-0.2, -0.15) is 0 Å². The first-order valence-corrected chi connectivity index (χ1v) is 7.82. The maximum Gasteiger partial charge on any atom is 0.193 e. The standard InChI is InChI=1S/C17H24N4O2.HI/c1-4-12(5-2)16-10-15(23-21-16)11-19-17(18)20-13-7-6-8-14(9-13)22-3;/h6-10,12H,4-5,11H2,1-3H3,(H3,18,19,20);1H. The van der Waals surface area contributed by atoms with Gasteiger partial charge in [0, 0.05) is 23.7 Å². The zero-order valence-electron chi connectivity index (χ0n) is 14.3. The molecule has 6 nitrogen and oxygen atoms in total. The molecule has 0 saturated heterocycles. The Morgan fingerprint density at radius 2 is 2.08 bits per heavy atom. The summed E-state index contributed by atoms with van der Waals surface area (Å²) in [5.74, 6) is 2.22. The molecule has 0 unspecified atom stereocenters. The van der Waals surface area contributed by atoms with Crippen LogP contribution < -0.4 is 15.8 Å². The summed E-state index contributed by atoms with van der Waals surface area (Å²) in [7, 11) is 1.62. The van der Waals surface area contributed by atoms with Crippen LogP contribution in [-0.4, -0.2) is 18.2 Å². The van der Waals surface area contributed by atoms with Gasteiger partial charge in [0.25, 0.3) is 0 Å². The molecule has 0 fully saturated rings. The predicted octanol–water partition coefficient (Wildman–Crippen LogP) is 4.13. The lowest BCUT2D eigenvalue weighted by molar-refractivity contribution is 0.372. The second-order valence-corrected chi connectivity index (χ2v) is 5.29. The summed E-state index contributed by atoms with van der Waals surface area (Å²) in [5.41, 5.74) is 7.71. The van der Waals surface area contributed by atoms with Crippen LogP contribution in [0.3, 0.4) is 0 Å². The molecular weight excluding hydrogens is 419 g/mol. The van der Waals surface area contributed by atoms with Crippen molar-refractivity contribution in [2.75, 3.05) is 12.4 Å². The third-order valence-electron chi connectivity index (χ3n) is 3.73. The van der Waals surface area contributed by atoms with E-state index in [1.54, 1.807) is 7.11 Å². The largest absolute Gasteiger partial charge is 0.497 e. The van der Waals surface area contributed by atoms with Crippen molar-refractivity contribution in [3.63, 3.8) is 0 Å². The van der Waals surface area contributed by atoms with Crippen molar-refractivity contribution in [2.45, 2.75) is 39.2 Å². The average molecular weight is 444 g/mol. The highest BCUT2D eigenvalue weighted by molar-refractivity contribution is 14.0. The lowest BCUT2D eigenvalue weighted by Crippen LogP contribution is -2.22. The molecule has 2 rings (SSSR count). The van der Waals surface area contributed by atoms with Crippen molar-refractivity contribution >= 4 is 35.6 Å². The van der Waals surface area contributed by atoms with Crippen LogP contribution in [0.4, 0.5) is 5.69 Å². The number of nitrogens with one attached hydrogen (secondary N) is 1. The van der Waals surface area contributed by atoms with E-state index < -0.39 is 0 Å². The van der Waals surface area contributed by atoms with Crippen LogP contribution in [0.2, 0.25) is 0 Å². The van der Waals surface area contributed by atoms with E-state index in [4.69, 9.17) is 15.0 Å². The second-order valence-electron chi connectivity index (χ2n) is 5.29. The Kier molecular flexibility index (Phi) is 8.59. The molecule has 0 radical (unpaired) electrons. The Bertz CT molecular complexity index is 654. The highest BCUT2D eigenvalue weighted by atomic mass is 127. The van der Waals surface area contributed by atoms with Gasteiger partial charge in [-0.25, -0.2) is 4.99 Å². The SMILES string of the molecule is CCC(CC)c1cc(CN=C(N)Nc2cccc(OC)c2)on1.I. The van der Waals surface area contributed by atoms with Crippen LogP contribution in [0.15, 0.2) is 39.8 Å². The molecule has 0 aliphatic rings. The fraction of sp³-hybridized carbons (Fsp3) is 0.412. The van der Waals surface area contributed by atoms with Gasteiger partial charge in [-0.1, -0.05) is 25.1 Å². The Labute approximate surface area is 159 Å². The molecular formula is C17H25IN4O2. The summed E-state index contributed by atoms with van der Waals surface area (Å²) < 4.78 is 10.5. The fourth-order valence-corrected chi connectivity index (χ4v) is 2.35. The second kappa shape index (κ2) is 10.2. The molecule has 1 aromatic carbocycles.